The van der Waals surface area contributed by atoms with E-state index in [0.717, 1.165) is 11.3 Å². The molecule has 2 aromatic heterocycles. The van der Waals surface area contributed by atoms with Gasteiger partial charge in [-0.25, -0.2) is 4.98 Å². The maximum atomic E-state index is 11.8. The van der Waals surface area contributed by atoms with Gasteiger partial charge >= 0.3 is 5.97 Å². The lowest BCUT2D eigenvalue weighted by Crippen LogP contribution is -2.40. The lowest BCUT2D eigenvalue weighted by Gasteiger charge is -2.32. The van der Waals surface area contributed by atoms with E-state index in [1.807, 2.05) is 26.0 Å². The van der Waals surface area contributed by atoms with Crippen LogP contribution in [0.15, 0.2) is 24.5 Å². The minimum Gasteiger partial charge on any atom is -0.481 e. The number of aromatic nitrogens is 3. The molecule has 3 rings (SSSR count). The van der Waals surface area contributed by atoms with Gasteiger partial charge in [0.2, 0.25) is 5.95 Å². The van der Waals surface area contributed by atoms with E-state index < -0.39 is 11.4 Å². The van der Waals surface area contributed by atoms with Gasteiger partial charge in [0.1, 0.15) is 5.82 Å². The summed E-state index contributed by atoms with van der Waals surface area (Å²) in [7, 11) is 0. The number of aryl methyl sites for hydroxylation is 1. The first-order valence-electron chi connectivity index (χ1n) is 9.42. The smallest absolute Gasteiger partial charge is 0.313 e. The van der Waals surface area contributed by atoms with Crippen molar-refractivity contribution in [2.75, 3.05) is 36.5 Å². The van der Waals surface area contributed by atoms with Crippen molar-refractivity contribution in [1.82, 2.24) is 15.0 Å². The van der Waals surface area contributed by atoms with E-state index in [4.69, 9.17) is 9.72 Å². The molecule has 1 atom stereocenters. The number of morpholine rings is 1. The van der Waals surface area contributed by atoms with Crippen LogP contribution in [0.1, 0.15) is 43.6 Å². The van der Waals surface area contributed by atoms with Crippen LogP contribution in [0.4, 0.5) is 11.8 Å². The normalized spacial score (nSPS) is 15.9. The van der Waals surface area contributed by atoms with Crippen LogP contribution in [-0.2, 0) is 14.9 Å². The molecule has 0 radical (unpaired) electrons. The van der Waals surface area contributed by atoms with Crippen molar-refractivity contribution >= 4 is 17.7 Å². The molecule has 0 saturated carbocycles. The van der Waals surface area contributed by atoms with Crippen LogP contribution in [0.3, 0.4) is 0 Å². The second kappa shape index (κ2) is 8.10. The molecule has 28 heavy (non-hydrogen) atoms. The Morgan fingerprint density at radius 1 is 1.32 bits per heavy atom. The summed E-state index contributed by atoms with van der Waals surface area (Å²) in [5.41, 5.74) is 1.50. The highest BCUT2D eigenvalue weighted by Gasteiger charge is 2.35. The predicted octanol–water partition coefficient (Wildman–Crippen LogP) is 2.55. The first kappa shape index (κ1) is 20.0. The van der Waals surface area contributed by atoms with E-state index >= 15 is 0 Å². The fraction of sp³-hybridized carbons (Fsp3) is 0.500. The van der Waals surface area contributed by atoms with Crippen LogP contribution in [0, 0.1) is 6.92 Å². The van der Waals surface area contributed by atoms with E-state index in [1.54, 1.807) is 26.2 Å². The number of nitrogens with zero attached hydrogens (tertiary/aromatic N) is 4. The predicted molar refractivity (Wildman–Crippen MR) is 107 cm³/mol. The summed E-state index contributed by atoms with van der Waals surface area (Å²) in [6.07, 6.45) is 3.38. The Hall–Kier alpha value is -2.74. The van der Waals surface area contributed by atoms with E-state index in [2.05, 4.69) is 20.2 Å². The number of nitrogens with one attached hydrogen (secondary N) is 1. The molecule has 1 saturated heterocycles. The first-order valence-corrected chi connectivity index (χ1v) is 9.42. The zero-order valence-corrected chi connectivity index (χ0v) is 16.8. The standard InChI is InChI=1S/C20H27N5O3/c1-13-6-5-7-21-16(13)14(2)23-19-22-12-15(20(3,4)18(26)27)17(24-19)25-8-10-28-11-9-25/h5-7,12,14H,8-11H2,1-4H3,(H,26,27)(H,22,23,24). The molecule has 3 heterocycles. The van der Waals surface area contributed by atoms with Crippen LogP contribution < -0.4 is 10.2 Å². The van der Waals surface area contributed by atoms with Crippen LogP contribution in [0.25, 0.3) is 0 Å². The lowest BCUT2D eigenvalue weighted by atomic mass is 9.85. The molecule has 0 spiro atoms. The van der Waals surface area contributed by atoms with Gasteiger partial charge in [-0.15, -0.1) is 0 Å². The Labute approximate surface area is 165 Å². The summed E-state index contributed by atoms with van der Waals surface area (Å²) in [5.74, 6) is 0.172. The van der Waals surface area contributed by atoms with Crippen molar-refractivity contribution in [1.29, 1.82) is 0 Å². The quantitative estimate of drug-likeness (QED) is 0.782. The lowest BCUT2D eigenvalue weighted by molar-refractivity contribution is -0.142. The highest BCUT2D eigenvalue weighted by atomic mass is 16.5. The number of carboxylic acids is 1. The number of anilines is 2. The molecule has 0 aromatic carbocycles. The zero-order valence-electron chi connectivity index (χ0n) is 16.8. The van der Waals surface area contributed by atoms with Gasteiger partial charge < -0.3 is 20.1 Å². The number of hydrogen-bond donors (Lipinski definition) is 2. The molecule has 2 N–H and O–H groups in total. The van der Waals surface area contributed by atoms with Gasteiger partial charge in [-0.1, -0.05) is 6.07 Å². The van der Waals surface area contributed by atoms with Crippen LogP contribution in [-0.4, -0.2) is 52.3 Å². The van der Waals surface area contributed by atoms with Gasteiger partial charge in [0.05, 0.1) is 30.4 Å². The van der Waals surface area contributed by atoms with Crippen LogP contribution in [0.5, 0.6) is 0 Å². The Bertz CT molecular complexity index is 849. The largest absolute Gasteiger partial charge is 0.481 e. The molecule has 8 heteroatoms. The Morgan fingerprint density at radius 2 is 2.04 bits per heavy atom. The SMILES string of the molecule is Cc1cccnc1C(C)Nc1ncc(C(C)(C)C(=O)O)c(N2CCOCC2)n1. The zero-order chi connectivity index (χ0) is 20.3. The number of pyridine rings is 1. The third-order valence-electron chi connectivity index (χ3n) is 5.09. The summed E-state index contributed by atoms with van der Waals surface area (Å²) in [4.78, 5) is 27.4. The van der Waals surface area contributed by atoms with Gasteiger partial charge in [-0.05, 0) is 39.3 Å². The van der Waals surface area contributed by atoms with E-state index in [0.29, 0.717) is 43.6 Å². The fourth-order valence-corrected chi connectivity index (χ4v) is 3.23. The third-order valence-corrected chi connectivity index (χ3v) is 5.09. The Balaban J connectivity index is 1.95. The van der Waals surface area contributed by atoms with Gasteiger partial charge in [0.15, 0.2) is 0 Å². The summed E-state index contributed by atoms with van der Waals surface area (Å²) >= 11 is 0. The molecule has 0 amide bonds. The number of carboxylic acid groups (broad SMARTS) is 1. The number of carbonyl (C=O) groups is 1. The minimum atomic E-state index is -1.10. The molecule has 1 fully saturated rings. The Kier molecular flexibility index (Phi) is 5.79. The second-order valence-corrected chi connectivity index (χ2v) is 7.53. The monoisotopic (exact) mass is 385 g/mol. The van der Waals surface area contributed by atoms with Crippen LogP contribution in [0.2, 0.25) is 0 Å². The summed E-state index contributed by atoms with van der Waals surface area (Å²) in [5, 5.41) is 13.0. The molecule has 0 bridgehead atoms. The maximum Gasteiger partial charge on any atom is 0.313 e. The van der Waals surface area contributed by atoms with Crippen molar-refractivity contribution in [3.8, 4) is 0 Å². The highest BCUT2D eigenvalue weighted by Crippen LogP contribution is 2.32. The molecular weight excluding hydrogens is 358 g/mol. The van der Waals surface area contributed by atoms with Crippen molar-refractivity contribution in [2.24, 2.45) is 0 Å². The highest BCUT2D eigenvalue weighted by molar-refractivity contribution is 5.82. The number of rotatable bonds is 6. The number of ether oxygens (including phenoxy) is 1. The summed E-state index contributed by atoms with van der Waals surface area (Å²) < 4.78 is 5.43. The number of hydrogen-bond acceptors (Lipinski definition) is 7. The van der Waals surface area contributed by atoms with Crippen molar-refractivity contribution in [3.63, 3.8) is 0 Å². The molecule has 2 aromatic rings. The average molecular weight is 385 g/mol. The van der Waals surface area contributed by atoms with Crippen molar-refractivity contribution in [2.45, 2.75) is 39.2 Å². The van der Waals surface area contributed by atoms with E-state index in [-0.39, 0.29) is 6.04 Å². The summed E-state index contributed by atoms with van der Waals surface area (Å²) in [6, 6.07) is 3.83. The van der Waals surface area contributed by atoms with E-state index in [9.17, 15) is 9.90 Å². The van der Waals surface area contributed by atoms with Gasteiger partial charge in [-0.2, -0.15) is 4.98 Å². The third kappa shape index (κ3) is 4.06. The van der Waals surface area contributed by atoms with Gasteiger partial charge in [0.25, 0.3) is 0 Å². The van der Waals surface area contributed by atoms with Gasteiger partial charge in [0, 0.05) is 31.0 Å². The topological polar surface area (TPSA) is 100 Å². The van der Waals surface area contributed by atoms with Crippen molar-refractivity contribution < 1.29 is 14.6 Å². The molecule has 1 aliphatic rings. The molecule has 1 unspecified atom stereocenters. The molecule has 0 aliphatic carbocycles. The fourth-order valence-electron chi connectivity index (χ4n) is 3.23. The summed E-state index contributed by atoms with van der Waals surface area (Å²) in [6.45, 7) is 9.85. The van der Waals surface area contributed by atoms with Crippen molar-refractivity contribution in [3.05, 3.63) is 41.3 Å². The van der Waals surface area contributed by atoms with Gasteiger partial charge in [-0.3, -0.25) is 9.78 Å². The molecule has 150 valence electrons. The average Bonchev–Trinajstić information content (AvgIpc) is 2.68. The Morgan fingerprint density at radius 3 is 2.68 bits per heavy atom. The van der Waals surface area contributed by atoms with E-state index in [1.165, 1.54) is 0 Å². The molecule has 8 nitrogen and oxygen atoms in total. The maximum absolute atomic E-state index is 11.8. The molecular formula is C20H27N5O3. The second-order valence-electron chi connectivity index (χ2n) is 7.53. The minimum absolute atomic E-state index is 0.0860. The van der Waals surface area contributed by atoms with Crippen LogP contribution >= 0.6 is 0 Å². The molecule has 1 aliphatic heterocycles. The number of aliphatic carboxylic acids is 1. The first-order chi connectivity index (χ1) is 13.3.